The van der Waals surface area contributed by atoms with Gasteiger partial charge in [-0.2, -0.15) is 4.31 Å². The highest BCUT2D eigenvalue weighted by Crippen LogP contribution is 2.24. The van der Waals surface area contributed by atoms with Crippen LogP contribution >= 0.6 is 15.9 Å². The lowest BCUT2D eigenvalue weighted by Gasteiger charge is -2.30. The summed E-state index contributed by atoms with van der Waals surface area (Å²) in [6, 6.07) is 6.59. The molecule has 1 N–H and O–H groups in total. The molecule has 0 saturated carbocycles. The number of carbonyl (C=O) groups excluding carboxylic acids is 1. The van der Waals surface area contributed by atoms with E-state index >= 15 is 0 Å². The summed E-state index contributed by atoms with van der Waals surface area (Å²) < 4.78 is 32.3. The number of methoxy groups -OCH3 is 1. The molecule has 8 heteroatoms. The number of nitrogens with one attached hydrogen (secondary N) is 1. The van der Waals surface area contributed by atoms with Gasteiger partial charge in [-0.3, -0.25) is 4.79 Å². The van der Waals surface area contributed by atoms with Gasteiger partial charge in [-0.15, -0.1) is 0 Å². The van der Waals surface area contributed by atoms with E-state index < -0.39 is 10.0 Å². The maximum atomic E-state index is 12.6. The Balaban J connectivity index is 1.93. The van der Waals surface area contributed by atoms with Gasteiger partial charge >= 0.3 is 0 Å². The molecule has 6 nitrogen and oxygen atoms in total. The number of halogens is 1. The number of carbonyl (C=O) groups is 1. The molecule has 2 rings (SSSR count). The minimum absolute atomic E-state index is 0.0252. The summed E-state index contributed by atoms with van der Waals surface area (Å²) in [6.07, 6.45) is 1.07. The molecule has 1 aliphatic heterocycles. The highest BCUT2D eigenvalue weighted by Gasteiger charge is 2.31. The van der Waals surface area contributed by atoms with Crippen molar-refractivity contribution in [2.75, 3.05) is 33.4 Å². The van der Waals surface area contributed by atoms with Crippen molar-refractivity contribution in [1.82, 2.24) is 9.62 Å². The first-order valence-corrected chi connectivity index (χ1v) is 9.71. The van der Waals surface area contributed by atoms with Crippen molar-refractivity contribution in [3.63, 3.8) is 0 Å². The number of benzene rings is 1. The van der Waals surface area contributed by atoms with Gasteiger partial charge < -0.3 is 10.1 Å². The number of amides is 1. The minimum atomic E-state index is -3.49. The molecule has 1 heterocycles. The SMILES string of the molecule is COCCNC(=O)C1CCN(S(=O)(=O)c2ccc(Br)cc2)CC1. The fourth-order valence-corrected chi connectivity index (χ4v) is 4.27. The number of rotatable bonds is 6. The van der Waals surface area contributed by atoms with Crippen LogP contribution in [-0.2, 0) is 19.6 Å². The lowest BCUT2D eigenvalue weighted by Crippen LogP contribution is -2.43. The van der Waals surface area contributed by atoms with Crippen LogP contribution < -0.4 is 5.32 Å². The molecular weight excluding hydrogens is 384 g/mol. The van der Waals surface area contributed by atoms with Gasteiger partial charge in [0.1, 0.15) is 0 Å². The van der Waals surface area contributed by atoms with Crippen molar-refractivity contribution in [3.8, 4) is 0 Å². The summed E-state index contributed by atoms with van der Waals surface area (Å²) in [5.41, 5.74) is 0. The Morgan fingerprint density at radius 2 is 1.91 bits per heavy atom. The van der Waals surface area contributed by atoms with Gasteiger partial charge in [0, 0.05) is 37.1 Å². The molecule has 1 aliphatic rings. The molecule has 0 aromatic heterocycles. The van der Waals surface area contributed by atoms with Crippen LogP contribution in [0.5, 0.6) is 0 Å². The first-order valence-electron chi connectivity index (χ1n) is 7.47. The molecule has 23 heavy (non-hydrogen) atoms. The van der Waals surface area contributed by atoms with Gasteiger partial charge in [0.15, 0.2) is 0 Å². The van der Waals surface area contributed by atoms with Gasteiger partial charge in [0.05, 0.1) is 11.5 Å². The highest BCUT2D eigenvalue weighted by atomic mass is 79.9. The lowest BCUT2D eigenvalue weighted by atomic mass is 9.97. The maximum Gasteiger partial charge on any atom is 0.243 e. The van der Waals surface area contributed by atoms with E-state index in [0.717, 1.165) is 4.47 Å². The van der Waals surface area contributed by atoms with Crippen LogP contribution in [0.3, 0.4) is 0 Å². The van der Waals surface area contributed by atoms with Crippen LogP contribution in [0, 0.1) is 5.92 Å². The zero-order chi connectivity index (χ0) is 16.9. The average Bonchev–Trinajstić information content (AvgIpc) is 2.55. The van der Waals surface area contributed by atoms with Gasteiger partial charge in [-0.1, -0.05) is 15.9 Å². The molecule has 1 aromatic carbocycles. The van der Waals surface area contributed by atoms with Gasteiger partial charge in [-0.05, 0) is 37.1 Å². The quantitative estimate of drug-likeness (QED) is 0.730. The molecule has 0 atom stereocenters. The van der Waals surface area contributed by atoms with Crippen LogP contribution in [0.25, 0.3) is 0 Å². The van der Waals surface area contributed by atoms with Crippen LogP contribution in [0.1, 0.15) is 12.8 Å². The van der Waals surface area contributed by atoms with Gasteiger partial charge in [0.25, 0.3) is 0 Å². The second-order valence-electron chi connectivity index (χ2n) is 5.42. The summed E-state index contributed by atoms with van der Waals surface area (Å²) in [4.78, 5) is 12.3. The Morgan fingerprint density at radius 3 is 2.48 bits per heavy atom. The van der Waals surface area contributed by atoms with E-state index in [9.17, 15) is 13.2 Å². The molecular formula is C15H21BrN2O4S. The van der Waals surface area contributed by atoms with Crippen molar-refractivity contribution >= 4 is 31.9 Å². The summed E-state index contributed by atoms with van der Waals surface area (Å²) >= 11 is 3.30. The molecule has 1 aromatic rings. The fraction of sp³-hybridized carbons (Fsp3) is 0.533. The summed E-state index contributed by atoms with van der Waals surface area (Å²) in [6.45, 7) is 1.68. The highest BCUT2D eigenvalue weighted by molar-refractivity contribution is 9.10. The second kappa shape index (κ2) is 8.23. The normalized spacial score (nSPS) is 17.1. The van der Waals surface area contributed by atoms with E-state index in [0.29, 0.717) is 39.1 Å². The standard InChI is InChI=1S/C15H21BrN2O4S/c1-22-11-8-17-15(19)12-6-9-18(10-7-12)23(20,21)14-4-2-13(16)3-5-14/h2-5,12H,6-11H2,1H3,(H,17,19). The number of hydrogen-bond donors (Lipinski definition) is 1. The minimum Gasteiger partial charge on any atom is -0.383 e. The van der Waals surface area contributed by atoms with E-state index in [1.54, 1.807) is 31.4 Å². The van der Waals surface area contributed by atoms with Crippen LogP contribution in [0.4, 0.5) is 0 Å². The first kappa shape index (κ1) is 18.4. The van der Waals surface area contributed by atoms with Crippen molar-refractivity contribution in [3.05, 3.63) is 28.7 Å². The monoisotopic (exact) mass is 404 g/mol. The number of sulfonamides is 1. The van der Waals surface area contributed by atoms with E-state index in [4.69, 9.17) is 4.74 Å². The van der Waals surface area contributed by atoms with Crippen molar-refractivity contribution < 1.29 is 17.9 Å². The molecule has 0 unspecified atom stereocenters. The Hall–Kier alpha value is -0.960. The third-order valence-corrected chi connectivity index (χ3v) is 6.32. The van der Waals surface area contributed by atoms with E-state index in [-0.39, 0.29) is 16.7 Å². The largest absolute Gasteiger partial charge is 0.383 e. The van der Waals surface area contributed by atoms with Crippen LogP contribution in [0.2, 0.25) is 0 Å². The van der Waals surface area contributed by atoms with Crippen LogP contribution in [0.15, 0.2) is 33.6 Å². The predicted octanol–water partition coefficient (Wildman–Crippen LogP) is 1.61. The van der Waals surface area contributed by atoms with E-state index in [1.807, 2.05) is 0 Å². The topological polar surface area (TPSA) is 75.7 Å². The Labute approximate surface area is 145 Å². The molecule has 128 valence electrons. The summed E-state index contributed by atoms with van der Waals surface area (Å²) in [7, 11) is -1.91. The Kier molecular flexibility index (Phi) is 6.58. The average molecular weight is 405 g/mol. The van der Waals surface area contributed by atoms with Crippen molar-refractivity contribution in [1.29, 1.82) is 0 Å². The number of ether oxygens (including phenoxy) is 1. The predicted molar refractivity (Wildman–Crippen MR) is 90.5 cm³/mol. The zero-order valence-electron chi connectivity index (χ0n) is 13.0. The zero-order valence-corrected chi connectivity index (χ0v) is 15.4. The van der Waals surface area contributed by atoms with Crippen molar-refractivity contribution in [2.45, 2.75) is 17.7 Å². The third kappa shape index (κ3) is 4.76. The molecule has 1 saturated heterocycles. The Morgan fingerprint density at radius 1 is 1.30 bits per heavy atom. The summed E-state index contributed by atoms with van der Waals surface area (Å²) in [5.74, 6) is -0.161. The lowest BCUT2D eigenvalue weighted by molar-refractivity contribution is -0.126. The van der Waals surface area contributed by atoms with E-state index in [1.165, 1.54) is 4.31 Å². The second-order valence-corrected chi connectivity index (χ2v) is 8.27. The molecule has 1 amide bonds. The Bertz CT molecular complexity index is 625. The molecule has 0 spiro atoms. The third-order valence-electron chi connectivity index (χ3n) is 3.88. The van der Waals surface area contributed by atoms with E-state index in [2.05, 4.69) is 21.2 Å². The maximum absolute atomic E-state index is 12.6. The van der Waals surface area contributed by atoms with Gasteiger partial charge in [0.2, 0.25) is 15.9 Å². The van der Waals surface area contributed by atoms with Gasteiger partial charge in [-0.25, -0.2) is 8.42 Å². The van der Waals surface area contributed by atoms with Crippen LogP contribution in [-0.4, -0.2) is 52.0 Å². The number of piperidine rings is 1. The molecule has 1 fully saturated rings. The number of nitrogens with zero attached hydrogens (tertiary/aromatic N) is 1. The molecule has 0 aliphatic carbocycles. The fourth-order valence-electron chi connectivity index (χ4n) is 2.53. The molecule has 0 radical (unpaired) electrons. The number of hydrogen-bond acceptors (Lipinski definition) is 4. The molecule has 0 bridgehead atoms. The van der Waals surface area contributed by atoms with Crippen molar-refractivity contribution in [2.24, 2.45) is 5.92 Å². The smallest absolute Gasteiger partial charge is 0.243 e. The first-order chi connectivity index (χ1) is 10.9. The summed E-state index contributed by atoms with van der Waals surface area (Å²) in [5, 5.41) is 2.81.